The predicted octanol–water partition coefficient (Wildman–Crippen LogP) is 0.477. The number of methoxy groups -OCH3 is 1. The molecule has 0 radical (unpaired) electrons. The quantitative estimate of drug-likeness (QED) is 0.642. The summed E-state index contributed by atoms with van der Waals surface area (Å²) in [6.07, 6.45) is 0. The van der Waals surface area contributed by atoms with Gasteiger partial charge in [-0.3, -0.25) is 0 Å². The number of pyridine rings is 1. The zero-order valence-electron chi connectivity index (χ0n) is 8.90. The van der Waals surface area contributed by atoms with Crippen LogP contribution in [0.3, 0.4) is 0 Å². The normalized spacial score (nSPS) is 10.0. The van der Waals surface area contributed by atoms with Gasteiger partial charge in [0.15, 0.2) is 0 Å². The maximum atomic E-state index is 5.29. The molecule has 0 saturated heterocycles. The smallest absolute Gasteiger partial charge is 0.214 e. The van der Waals surface area contributed by atoms with E-state index in [0.29, 0.717) is 32.2 Å². The van der Waals surface area contributed by atoms with Crippen LogP contribution in [0.1, 0.15) is 0 Å². The van der Waals surface area contributed by atoms with Crippen LogP contribution in [-0.2, 0) is 4.74 Å². The average molecular weight is 211 g/mol. The molecule has 0 amide bonds. The van der Waals surface area contributed by atoms with E-state index in [1.165, 1.54) is 0 Å². The van der Waals surface area contributed by atoms with Gasteiger partial charge in [-0.1, -0.05) is 6.07 Å². The fraction of sp³-hybridized carbons (Fsp3) is 0.500. The molecule has 0 aliphatic heterocycles. The van der Waals surface area contributed by atoms with Crippen LogP contribution in [0, 0.1) is 0 Å². The minimum Gasteiger partial charge on any atom is -0.481 e. The van der Waals surface area contributed by atoms with Gasteiger partial charge in [-0.15, -0.1) is 0 Å². The summed E-state index contributed by atoms with van der Waals surface area (Å²) in [6.45, 7) is 2.47. The first-order valence-electron chi connectivity index (χ1n) is 4.89. The zero-order chi connectivity index (χ0) is 10.9. The third kappa shape index (κ3) is 4.62. The van der Waals surface area contributed by atoms with E-state index < -0.39 is 0 Å². The number of nitrogens with two attached hydrogens (primary N) is 1. The van der Waals surface area contributed by atoms with Gasteiger partial charge >= 0.3 is 0 Å². The Balaban J connectivity index is 2.24. The molecule has 0 atom stereocenters. The second-order valence-corrected chi connectivity index (χ2v) is 2.89. The number of ether oxygens (including phenoxy) is 2. The minimum absolute atomic E-state index is 0.553. The number of aromatic nitrogens is 1. The van der Waals surface area contributed by atoms with E-state index in [4.69, 9.17) is 15.2 Å². The molecule has 0 spiro atoms. The number of nitrogens with one attached hydrogen (secondary N) is 1. The molecule has 0 bridgehead atoms. The van der Waals surface area contributed by atoms with E-state index >= 15 is 0 Å². The summed E-state index contributed by atoms with van der Waals surface area (Å²) in [5.74, 6) is 1.38. The molecule has 3 N–H and O–H groups in total. The highest BCUT2D eigenvalue weighted by Crippen LogP contribution is 2.09. The van der Waals surface area contributed by atoms with Gasteiger partial charge in [0.25, 0.3) is 0 Å². The second-order valence-electron chi connectivity index (χ2n) is 2.89. The highest BCUT2D eigenvalue weighted by molar-refractivity contribution is 5.36. The molecule has 1 aromatic heterocycles. The van der Waals surface area contributed by atoms with Gasteiger partial charge in [-0.2, -0.15) is 4.98 Å². The lowest BCUT2D eigenvalue weighted by Crippen LogP contribution is -2.14. The largest absolute Gasteiger partial charge is 0.481 e. The van der Waals surface area contributed by atoms with Gasteiger partial charge in [-0.05, 0) is 6.07 Å². The monoisotopic (exact) mass is 211 g/mol. The predicted molar refractivity (Wildman–Crippen MR) is 59.2 cm³/mol. The molecule has 1 rings (SSSR count). The van der Waals surface area contributed by atoms with Gasteiger partial charge in [0.05, 0.1) is 20.3 Å². The lowest BCUT2D eigenvalue weighted by atomic mass is 10.4. The van der Waals surface area contributed by atoms with Crippen LogP contribution in [0.4, 0.5) is 5.82 Å². The van der Waals surface area contributed by atoms with Gasteiger partial charge in [0, 0.05) is 19.2 Å². The van der Waals surface area contributed by atoms with Gasteiger partial charge in [0.2, 0.25) is 5.88 Å². The number of rotatable bonds is 7. The van der Waals surface area contributed by atoms with E-state index in [-0.39, 0.29) is 0 Å². The fourth-order valence-corrected chi connectivity index (χ4v) is 1.06. The van der Waals surface area contributed by atoms with Crippen molar-refractivity contribution < 1.29 is 9.47 Å². The Kier molecular flexibility index (Phi) is 5.50. The van der Waals surface area contributed by atoms with Crippen LogP contribution in [-0.4, -0.2) is 38.4 Å². The van der Waals surface area contributed by atoms with Crippen LogP contribution in [0.25, 0.3) is 0 Å². The number of anilines is 1. The van der Waals surface area contributed by atoms with Crippen molar-refractivity contribution in [1.29, 1.82) is 0 Å². The molecule has 1 aromatic rings. The Labute approximate surface area is 89.6 Å². The summed E-state index contributed by atoms with van der Waals surface area (Å²) in [5, 5.41) is 3.12. The van der Waals surface area contributed by atoms with Crippen LogP contribution in [0.2, 0.25) is 0 Å². The van der Waals surface area contributed by atoms with Crippen molar-refractivity contribution in [2.45, 2.75) is 0 Å². The van der Waals surface area contributed by atoms with Gasteiger partial charge in [0.1, 0.15) is 5.82 Å². The highest BCUT2D eigenvalue weighted by atomic mass is 16.5. The Bertz CT molecular complexity index is 281. The summed E-state index contributed by atoms with van der Waals surface area (Å²) >= 11 is 0. The van der Waals surface area contributed by atoms with Crippen LogP contribution < -0.4 is 15.8 Å². The molecule has 1 heterocycles. The topological polar surface area (TPSA) is 69.4 Å². The molecule has 0 saturated carbocycles. The van der Waals surface area contributed by atoms with E-state index in [0.717, 1.165) is 5.82 Å². The Morgan fingerprint density at radius 3 is 3.00 bits per heavy atom. The van der Waals surface area contributed by atoms with Gasteiger partial charge < -0.3 is 20.5 Å². The third-order valence-electron chi connectivity index (χ3n) is 1.75. The summed E-state index contributed by atoms with van der Waals surface area (Å²) in [5.41, 5.74) is 5.29. The van der Waals surface area contributed by atoms with Crippen molar-refractivity contribution >= 4 is 5.82 Å². The van der Waals surface area contributed by atoms with Crippen molar-refractivity contribution in [3.8, 4) is 5.88 Å². The van der Waals surface area contributed by atoms with E-state index in [1.807, 2.05) is 12.1 Å². The van der Waals surface area contributed by atoms with Crippen molar-refractivity contribution in [3.05, 3.63) is 18.2 Å². The molecular weight excluding hydrogens is 194 g/mol. The Morgan fingerprint density at radius 2 is 2.27 bits per heavy atom. The fourth-order valence-electron chi connectivity index (χ4n) is 1.06. The van der Waals surface area contributed by atoms with Crippen molar-refractivity contribution in [2.24, 2.45) is 5.73 Å². The Hall–Kier alpha value is -1.33. The number of hydrogen-bond acceptors (Lipinski definition) is 5. The molecule has 0 fully saturated rings. The van der Waals surface area contributed by atoms with Crippen LogP contribution in [0.5, 0.6) is 5.88 Å². The lowest BCUT2D eigenvalue weighted by molar-refractivity contribution is 0.151. The van der Waals surface area contributed by atoms with E-state index in [1.54, 1.807) is 13.2 Å². The minimum atomic E-state index is 0.553. The average Bonchev–Trinajstić information content (AvgIpc) is 2.29. The SMILES string of the molecule is COc1cccc(NCCOCCN)n1. The maximum Gasteiger partial charge on any atom is 0.214 e. The molecule has 15 heavy (non-hydrogen) atoms. The highest BCUT2D eigenvalue weighted by Gasteiger charge is 1.95. The molecular formula is C10H17N3O2. The zero-order valence-corrected chi connectivity index (χ0v) is 8.90. The molecule has 84 valence electrons. The molecule has 0 aliphatic rings. The summed E-state index contributed by atoms with van der Waals surface area (Å²) in [7, 11) is 1.59. The number of hydrogen-bond donors (Lipinski definition) is 2. The summed E-state index contributed by atoms with van der Waals surface area (Å²) in [4.78, 5) is 4.20. The molecule has 5 heteroatoms. The van der Waals surface area contributed by atoms with E-state index in [9.17, 15) is 0 Å². The molecule has 0 aliphatic carbocycles. The summed E-state index contributed by atoms with van der Waals surface area (Å²) in [6, 6.07) is 5.57. The molecule has 0 unspecified atom stereocenters. The second kappa shape index (κ2) is 7.03. The Morgan fingerprint density at radius 1 is 1.40 bits per heavy atom. The van der Waals surface area contributed by atoms with Crippen molar-refractivity contribution in [3.63, 3.8) is 0 Å². The first kappa shape index (κ1) is 11.7. The van der Waals surface area contributed by atoms with Crippen molar-refractivity contribution in [2.75, 3.05) is 38.7 Å². The van der Waals surface area contributed by atoms with Gasteiger partial charge in [-0.25, -0.2) is 0 Å². The third-order valence-corrected chi connectivity index (χ3v) is 1.75. The standard InChI is InChI=1S/C10H17N3O2/c1-14-10-4-2-3-9(13-10)12-6-8-15-7-5-11/h2-4H,5-8,11H2,1H3,(H,12,13). The first-order chi connectivity index (χ1) is 7.36. The van der Waals surface area contributed by atoms with Crippen LogP contribution >= 0.6 is 0 Å². The van der Waals surface area contributed by atoms with E-state index in [2.05, 4.69) is 10.3 Å². The molecule has 5 nitrogen and oxygen atoms in total. The first-order valence-corrected chi connectivity index (χ1v) is 4.89. The van der Waals surface area contributed by atoms with Crippen molar-refractivity contribution in [1.82, 2.24) is 4.98 Å². The number of nitrogens with zero attached hydrogens (tertiary/aromatic N) is 1. The van der Waals surface area contributed by atoms with Crippen LogP contribution in [0.15, 0.2) is 18.2 Å². The maximum absolute atomic E-state index is 5.29. The molecule has 0 aromatic carbocycles. The lowest BCUT2D eigenvalue weighted by Gasteiger charge is -2.06. The summed E-state index contributed by atoms with van der Waals surface area (Å²) < 4.78 is 10.2.